The van der Waals surface area contributed by atoms with E-state index < -0.39 is 4.92 Å². The van der Waals surface area contributed by atoms with Crippen molar-refractivity contribution in [3.05, 3.63) is 33.9 Å². The number of Topliss-reactive ketones (excluding diaryl/α,β-unsaturated/α-hetero) is 1. The van der Waals surface area contributed by atoms with Gasteiger partial charge in [-0.15, -0.1) is 0 Å². The molecule has 0 spiro atoms. The first-order valence-corrected chi connectivity index (χ1v) is 9.38. The number of ketones is 1. The number of nitrogens with one attached hydrogen (secondary N) is 1. The van der Waals surface area contributed by atoms with Crippen LogP contribution in [-0.4, -0.2) is 54.0 Å². The number of hydrogen-bond acceptors (Lipinski definition) is 6. The van der Waals surface area contributed by atoms with Crippen molar-refractivity contribution in [3.63, 3.8) is 0 Å². The Morgan fingerprint density at radius 3 is 2.58 bits per heavy atom. The first-order chi connectivity index (χ1) is 12.5. The Labute approximate surface area is 153 Å². The van der Waals surface area contributed by atoms with Crippen LogP contribution in [0.15, 0.2) is 18.2 Å². The van der Waals surface area contributed by atoms with Crippen LogP contribution in [0, 0.1) is 10.1 Å². The molecule has 0 atom stereocenters. The lowest BCUT2D eigenvalue weighted by Crippen LogP contribution is -2.58. The van der Waals surface area contributed by atoms with Crippen LogP contribution in [0.3, 0.4) is 0 Å². The number of hydrogen-bond donors (Lipinski definition) is 1. The lowest BCUT2D eigenvalue weighted by molar-refractivity contribution is -0.384. The Kier molecular flexibility index (Phi) is 5.88. The maximum absolute atomic E-state index is 11.5. The predicted molar refractivity (Wildman–Crippen MR) is 99.8 cm³/mol. The molecule has 1 heterocycles. The predicted octanol–water partition coefficient (Wildman–Crippen LogP) is 3.24. The molecule has 2 fully saturated rings. The summed E-state index contributed by atoms with van der Waals surface area (Å²) in [4.78, 5) is 25.1. The summed E-state index contributed by atoms with van der Waals surface area (Å²) in [5.41, 5.74) is 0.835. The lowest BCUT2D eigenvalue weighted by atomic mass is 9.79. The zero-order valence-corrected chi connectivity index (χ0v) is 15.3. The van der Waals surface area contributed by atoms with Crippen molar-refractivity contribution >= 4 is 17.2 Å². The van der Waals surface area contributed by atoms with Crippen molar-refractivity contribution in [1.82, 2.24) is 4.90 Å². The van der Waals surface area contributed by atoms with E-state index in [9.17, 15) is 14.9 Å². The fourth-order valence-electron chi connectivity index (χ4n) is 4.16. The fourth-order valence-corrected chi connectivity index (χ4v) is 4.16. The molecule has 142 valence electrons. The van der Waals surface area contributed by atoms with Gasteiger partial charge in [0.15, 0.2) is 5.78 Å². The van der Waals surface area contributed by atoms with E-state index in [1.807, 2.05) is 0 Å². The molecule has 1 aromatic carbocycles. The number of carbonyl (C=O) groups excluding carboxylic acids is 1. The average molecular weight is 361 g/mol. The summed E-state index contributed by atoms with van der Waals surface area (Å²) >= 11 is 0. The van der Waals surface area contributed by atoms with Gasteiger partial charge in [0, 0.05) is 36.8 Å². The van der Waals surface area contributed by atoms with Crippen molar-refractivity contribution in [1.29, 1.82) is 0 Å². The van der Waals surface area contributed by atoms with E-state index in [0.717, 1.165) is 39.1 Å². The van der Waals surface area contributed by atoms with Crippen molar-refractivity contribution in [3.8, 4) is 0 Å². The number of ether oxygens (including phenoxy) is 1. The van der Waals surface area contributed by atoms with Gasteiger partial charge in [0.2, 0.25) is 0 Å². The van der Waals surface area contributed by atoms with Gasteiger partial charge in [-0.3, -0.25) is 19.8 Å². The Bertz CT molecular complexity index is 665. The van der Waals surface area contributed by atoms with Crippen molar-refractivity contribution in [2.24, 2.45) is 0 Å². The standard InChI is InChI=1S/C19H27N3O4/c1-15(23)16-5-6-17(18(13-16)22(24)25)20-14-19(7-3-2-4-8-19)21-9-11-26-12-10-21/h5-6,13,20H,2-4,7-12,14H2,1H3. The smallest absolute Gasteiger partial charge is 0.293 e. The highest BCUT2D eigenvalue weighted by Gasteiger charge is 2.38. The van der Waals surface area contributed by atoms with Crippen LogP contribution in [0.1, 0.15) is 49.4 Å². The minimum atomic E-state index is -0.420. The van der Waals surface area contributed by atoms with Crippen molar-refractivity contribution in [2.75, 3.05) is 38.2 Å². The molecular weight excluding hydrogens is 334 g/mol. The molecule has 0 unspecified atom stereocenters. The van der Waals surface area contributed by atoms with Crippen LogP contribution < -0.4 is 5.32 Å². The minimum absolute atomic E-state index is 0.0230. The number of nitro groups is 1. The van der Waals surface area contributed by atoms with Crippen molar-refractivity contribution in [2.45, 2.75) is 44.6 Å². The number of benzene rings is 1. The monoisotopic (exact) mass is 361 g/mol. The molecule has 1 aliphatic carbocycles. The molecule has 0 aromatic heterocycles. The average Bonchev–Trinajstić information content (AvgIpc) is 2.67. The molecule has 1 saturated carbocycles. The van der Waals surface area contributed by atoms with Crippen LogP contribution in [0.5, 0.6) is 0 Å². The highest BCUT2D eigenvalue weighted by atomic mass is 16.6. The number of carbonyl (C=O) groups is 1. The molecule has 2 aliphatic rings. The molecule has 1 saturated heterocycles. The van der Waals surface area contributed by atoms with Gasteiger partial charge in [0.05, 0.1) is 18.1 Å². The maximum Gasteiger partial charge on any atom is 0.293 e. The van der Waals surface area contributed by atoms with E-state index in [0.29, 0.717) is 17.8 Å². The molecule has 7 heteroatoms. The molecule has 1 aliphatic heterocycles. The van der Waals surface area contributed by atoms with E-state index in [4.69, 9.17) is 4.74 Å². The number of nitro benzene ring substituents is 1. The molecule has 1 aromatic rings. The minimum Gasteiger partial charge on any atom is -0.379 e. The van der Waals surface area contributed by atoms with Gasteiger partial charge in [-0.1, -0.05) is 19.3 Å². The summed E-state index contributed by atoms with van der Waals surface area (Å²) in [6.07, 6.45) is 5.81. The third-order valence-corrected chi connectivity index (χ3v) is 5.68. The molecule has 7 nitrogen and oxygen atoms in total. The van der Waals surface area contributed by atoms with Gasteiger partial charge in [-0.05, 0) is 31.9 Å². The second kappa shape index (κ2) is 8.14. The lowest BCUT2D eigenvalue weighted by Gasteiger charge is -2.48. The fraction of sp³-hybridized carbons (Fsp3) is 0.632. The van der Waals surface area contributed by atoms with E-state index in [-0.39, 0.29) is 17.0 Å². The van der Waals surface area contributed by atoms with E-state index in [1.165, 1.54) is 32.3 Å². The highest BCUT2D eigenvalue weighted by molar-refractivity contribution is 5.95. The quantitative estimate of drug-likeness (QED) is 0.476. The summed E-state index contributed by atoms with van der Waals surface area (Å²) in [5.74, 6) is -0.170. The van der Waals surface area contributed by atoms with Crippen LogP contribution in [0.25, 0.3) is 0 Å². The summed E-state index contributed by atoms with van der Waals surface area (Å²) in [5, 5.41) is 14.8. The normalized spacial score (nSPS) is 20.5. The summed E-state index contributed by atoms with van der Waals surface area (Å²) in [6, 6.07) is 4.68. The van der Waals surface area contributed by atoms with Crippen LogP contribution in [-0.2, 0) is 4.74 Å². The SMILES string of the molecule is CC(=O)c1ccc(NCC2(N3CCOCC3)CCCCC2)c([N+](=O)[O-])c1. The molecule has 1 N–H and O–H groups in total. The number of rotatable bonds is 6. The zero-order valence-electron chi connectivity index (χ0n) is 15.3. The van der Waals surface area contributed by atoms with Gasteiger partial charge in [-0.2, -0.15) is 0 Å². The van der Waals surface area contributed by atoms with E-state index >= 15 is 0 Å². The Morgan fingerprint density at radius 1 is 1.27 bits per heavy atom. The molecule has 0 amide bonds. The highest BCUT2D eigenvalue weighted by Crippen LogP contribution is 2.35. The zero-order chi connectivity index (χ0) is 18.6. The molecule has 0 radical (unpaired) electrons. The topological polar surface area (TPSA) is 84.7 Å². The van der Waals surface area contributed by atoms with E-state index in [1.54, 1.807) is 12.1 Å². The van der Waals surface area contributed by atoms with E-state index in [2.05, 4.69) is 10.2 Å². The van der Waals surface area contributed by atoms with Gasteiger partial charge in [-0.25, -0.2) is 0 Å². The summed E-state index contributed by atoms with van der Waals surface area (Å²) < 4.78 is 5.50. The second-order valence-corrected chi connectivity index (χ2v) is 7.28. The summed E-state index contributed by atoms with van der Waals surface area (Å²) in [6.45, 7) is 5.40. The molecule has 3 rings (SSSR count). The van der Waals surface area contributed by atoms with Gasteiger partial charge >= 0.3 is 0 Å². The number of anilines is 1. The largest absolute Gasteiger partial charge is 0.379 e. The van der Waals surface area contributed by atoms with Crippen molar-refractivity contribution < 1.29 is 14.5 Å². The Balaban J connectivity index is 1.80. The second-order valence-electron chi connectivity index (χ2n) is 7.28. The first-order valence-electron chi connectivity index (χ1n) is 9.38. The summed E-state index contributed by atoms with van der Waals surface area (Å²) in [7, 11) is 0. The molecular formula is C19H27N3O4. The Morgan fingerprint density at radius 2 is 1.96 bits per heavy atom. The van der Waals surface area contributed by atoms with Gasteiger partial charge in [0.1, 0.15) is 5.69 Å². The van der Waals surface area contributed by atoms with Crippen LogP contribution >= 0.6 is 0 Å². The maximum atomic E-state index is 11.5. The number of nitrogens with zero attached hydrogens (tertiary/aromatic N) is 2. The molecule has 0 bridgehead atoms. The first kappa shape index (κ1) is 18.8. The Hall–Kier alpha value is -1.99. The van der Waals surface area contributed by atoms with Gasteiger partial charge in [0.25, 0.3) is 5.69 Å². The van der Waals surface area contributed by atoms with Crippen LogP contribution in [0.4, 0.5) is 11.4 Å². The number of morpholine rings is 1. The third-order valence-electron chi connectivity index (χ3n) is 5.68. The third kappa shape index (κ3) is 4.04. The van der Waals surface area contributed by atoms with Crippen LogP contribution in [0.2, 0.25) is 0 Å². The van der Waals surface area contributed by atoms with Gasteiger partial charge < -0.3 is 10.1 Å². The molecule has 26 heavy (non-hydrogen) atoms.